The normalized spacial score (nSPS) is 16.1. The van der Waals surface area contributed by atoms with Crippen LogP contribution < -0.4 is 10.5 Å². The van der Waals surface area contributed by atoms with Crippen molar-refractivity contribution in [2.45, 2.75) is 19.6 Å². The second-order valence-electron chi connectivity index (χ2n) is 8.98. The molecule has 35 heavy (non-hydrogen) atoms. The third-order valence-electron chi connectivity index (χ3n) is 6.42. The Morgan fingerprint density at radius 3 is 2.23 bits per heavy atom. The maximum atomic E-state index is 9.76. The second kappa shape index (κ2) is 12.7. The summed E-state index contributed by atoms with van der Waals surface area (Å²) in [5, 5.41) is 9.76. The van der Waals surface area contributed by atoms with Gasteiger partial charge in [0.25, 0.3) is 0 Å². The molecule has 3 aromatic rings. The minimum atomic E-state index is -0.572. The fourth-order valence-corrected chi connectivity index (χ4v) is 4.39. The molecule has 1 aliphatic rings. The van der Waals surface area contributed by atoms with E-state index in [1.54, 1.807) is 13.1 Å². The van der Waals surface area contributed by atoms with Crippen molar-refractivity contribution in [1.29, 1.82) is 0 Å². The molecule has 0 radical (unpaired) electrons. The van der Waals surface area contributed by atoms with Crippen LogP contribution in [-0.2, 0) is 6.54 Å². The van der Waals surface area contributed by atoms with Crippen LogP contribution in [0.15, 0.2) is 67.0 Å². The van der Waals surface area contributed by atoms with Gasteiger partial charge in [-0.15, -0.1) is 0 Å². The number of rotatable bonds is 11. The smallest absolute Gasteiger partial charge is 0.137 e. The van der Waals surface area contributed by atoms with E-state index in [2.05, 4.69) is 63.3 Å². The molecule has 0 amide bonds. The largest absolute Gasteiger partial charge is 0.492 e. The minimum Gasteiger partial charge on any atom is -0.492 e. The monoisotopic (exact) mass is 475 g/mol. The van der Waals surface area contributed by atoms with E-state index in [9.17, 15) is 5.11 Å². The molecule has 1 aromatic heterocycles. The van der Waals surface area contributed by atoms with Gasteiger partial charge >= 0.3 is 0 Å². The first-order chi connectivity index (χ1) is 17.1. The topological polar surface area (TPSA) is 79.8 Å². The number of hydrogen-bond donors (Lipinski definition) is 2. The molecule has 1 saturated heterocycles. The third-order valence-corrected chi connectivity index (χ3v) is 6.42. The summed E-state index contributed by atoms with van der Waals surface area (Å²) in [4.78, 5) is 9.08. The molecule has 1 aliphatic heterocycles. The highest BCUT2D eigenvalue weighted by atomic mass is 16.5. The van der Waals surface area contributed by atoms with E-state index in [1.165, 1.54) is 11.1 Å². The summed E-state index contributed by atoms with van der Waals surface area (Å²) >= 11 is 0. The van der Waals surface area contributed by atoms with Crippen LogP contribution >= 0.6 is 0 Å². The van der Waals surface area contributed by atoms with E-state index in [0.29, 0.717) is 19.0 Å². The van der Waals surface area contributed by atoms with Crippen LogP contribution in [0.5, 0.6) is 5.75 Å². The summed E-state index contributed by atoms with van der Waals surface area (Å²) in [6, 6.07) is 16.8. The van der Waals surface area contributed by atoms with Gasteiger partial charge in [-0.1, -0.05) is 48.6 Å². The molecule has 3 N–H and O–H groups in total. The highest BCUT2D eigenvalue weighted by Gasteiger charge is 2.15. The summed E-state index contributed by atoms with van der Waals surface area (Å²) in [6.07, 6.45) is 7.19. The standard InChI is InChI=1S/C28H37N5O2/c1-23(34)28-30-13-16-33(28)14-2-3-24-4-6-25(7-5-24)26-8-10-27(11-9-26)35-22-21-32-19-17-31(15-12-29)18-20-32/h2-11,13,16,23,34H,12,14-15,17-22,29H2,1H3/b3-2+/t23-/m0/s1. The van der Waals surface area contributed by atoms with E-state index in [4.69, 9.17) is 10.5 Å². The molecule has 0 bridgehead atoms. The zero-order valence-electron chi connectivity index (χ0n) is 20.6. The van der Waals surface area contributed by atoms with Gasteiger partial charge in [0, 0.05) is 64.8 Å². The van der Waals surface area contributed by atoms with Crippen LogP contribution in [0.25, 0.3) is 17.2 Å². The van der Waals surface area contributed by atoms with Gasteiger partial charge in [-0.3, -0.25) is 9.80 Å². The summed E-state index contributed by atoms with van der Waals surface area (Å²) in [5.41, 5.74) is 9.13. The number of allylic oxidation sites excluding steroid dienone is 1. The van der Waals surface area contributed by atoms with Crippen molar-refractivity contribution in [3.8, 4) is 16.9 Å². The van der Waals surface area contributed by atoms with Crippen LogP contribution in [0.1, 0.15) is 24.4 Å². The van der Waals surface area contributed by atoms with E-state index in [1.807, 2.05) is 22.9 Å². The summed E-state index contributed by atoms with van der Waals surface area (Å²) < 4.78 is 7.93. The highest BCUT2D eigenvalue weighted by Crippen LogP contribution is 2.23. The number of ether oxygens (including phenoxy) is 1. The number of piperazine rings is 1. The molecule has 1 fully saturated rings. The van der Waals surface area contributed by atoms with Gasteiger partial charge in [-0.2, -0.15) is 0 Å². The average Bonchev–Trinajstić information content (AvgIpc) is 3.35. The SMILES string of the molecule is C[C@H](O)c1nccn1C/C=C/c1ccc(-c2ccc(OCCN3CCN(CCN)CC3)cc2)cc1. The van der Waals surface area contributed by atoms with Gasteiger partial charge in [0.15, 0.2) is 0 Å². The molecule has 2 aromatic carbocycles. The first kappa shape index (κ1) is 25.1. The van der Waals surface area contributed by atoms with Crippen LogP contribution in [-0.4, -0.2) is 76.9 Å². The Hall–Kier alpha value is -2.97. The quantitative estimate of drug-likeness (QED) is 0.443. The Balaban J connectivity index is 1.23. The molecule has 2 heterocycles. The molecule has 4 rings (SSSR count). The van der Waals surface area contributed by atoms with Crippen molar-refractivity contribution in [3.63, 3.8) is 0 Å². The lowest BCUT2D eigenvalue weighted by atomic mass is 10.0. The van der Waals surface area contributed by atoms with Crippen LogP contribution in [0.4, 0.5) is 0 Å². The zero-order chi connectivity index (χ0) is 24.5. The fourth-order valence-electron chi connectivity index (χ4n) is 4.39. The first-order valence-corrected chi connectivity index (χ1v) is 12.5. The van der Waals surface area contributed by atoms with E-state index >= 15 is 0 Å². The number of nitrogens with zero attached hydrogens (tertiary/aromatic N) is 4. The molecule has 0 saturated carbocycles. The average molecular weight is 476 g/mol. The van der Waals surface area contributed by atoms with Crippen molar-refractivity contribution < 1.29 is 9.84 Å². The Morgan fingerprint density at radius 1 is 0.971 bits per heavy atom. The Kier molecular flexibility index (Phi) is 9.08. The number of aliphatic hydroxyl groups is 1. The molecule has 0 aliphatic carbocycles. The predicted molar refractivity (Wildman–Crippen MR) is 141 cm³/mol. The summed E-state index contributed by atoms with van der Waals surface area (Å²) in [6.45, 7) is 10.1. The Morgan fingerprint density at radius 2 is 1.60 bits per heavy atom. The van der Waals surface area contributed by atoms with Gasteiger partial charge in [-0.25, -0.2) is 4.98 Å². The predicted octanol–water partition coefficient (Wildman–Crippen LogP) is 3.27. The number of benzene rings is 2. The van der Waals surface area contributed by atoms with E-state index < -0.39 is 6.10 Å². The zero-order valence-corrected chi connectivity index (χ0v) is 20.6. The second-order valence-corrected chi connectivity index (χ2v) is 8.98. The van der Waals surface area contributed by atoms with Crippen molar-refractivity contribution in [3.05, 3.63) is 78.4 Å². The molecule has 0 spiro atoms. The highest BCUT2D eigenvalue weighted by molar-refractivity contribution is 5.66. The maximum absolute atomic E-state index is 9.76. The number of nitrogens with two attached hydrogens (primary N) is 1. The van der Waals surface area contributed by atoms with Crippen molar-refractivity contribution in [2.24, 2.45) is 5.73 Å². The molecule has 1 atom stereocenters. The first-order valence-electron chi connectivity index (χ1n) is 12.5. The van der Waals surface area contributed by atoms with Crippen LogP contribution in [0, 0.1) is 0 Å². The minimum absolute atomic E-state index is 0.572. The van der Waals surface area contributed by atoms with Crippen molar-refractivity contribution in [2.75, 3.05) is 52.4 Å². The van der Waals surface area contributed by atoms with Crippen molar-refractivity contribution >= 4 is 6.08 Å². The number of aromatic nitrogens is 2. The van der Waals surface area contributed by atoms with Crippen molar-refractivity contribution in [1.82, 2.24) is 19.4 Å². The van der Waals surface area contributed by atoms with Gasteiger partial charge in [0.1, 0.15) is 24.3 Å². The molecular formula is C28H37N5O2. The Bertz CT molecular complexity index is 1050. The van der Waals surface area contributed by atoms with Crippen LogP contribution in [0.2, 0.25) is 0 Å². The van der Waals surface area contributed by atoms with E-state index in [0.717, 1.165) is 57.1 Å². The lowest BCUT2D eigenvalue weighted by Crippen LogP contribution is -2.48. The molecule has 186 valence electrons. The van der Waals surface area contributed by atoms with Gasteiger partial charge in [0.2, 0.25) is 0 Å². The molecular weight excluding hydrogens is 438 g/mol. The van der Waals surface area contributed by atoms with Gasteiger partial charge in [0.05, 0.1) is 0 Å². The maximum Gasteiger partial charge on any atom is 0.137 e. The lowest BCUT2D eigenvalue weighted by molar-refractivity contribution is 0.119. The molecule has 0 unspecified atom stereocenters. The summed E-state index contributed by atoms with van der Waals surface area (Å²) in [5.74, 6) is 1.59. The molecule has 7 nitrogen and oxygen atoms in total. The number of hydrogen-bond acceptors (Lipinski definition) is 6. The third kappa shape index (κ3) is 7.26. The molecule has 7 heteroatoms. The Labute approximate surface area is 208 Å². The van der Waals surface area contributed by atoms with Crippen LogP contribution in [0.3, 0.4) is 0 Å². The summed E-state index contributed by atoms with van der Waals surface area (Å²) in [7, 11) is 0. The van der Waals surface area contributed by atoms with Gasteiger partial charge in [-0.05, 0) is 35.7 Å². The fraction of sp³-hybridized carbons (Fsp3) is 0.393. The van der Waals surface area contributed by atoms with E-state index in [-0.39, 0.29) is 0 Å². The number of imidazole rings is 1. The number of aliphatic hydroxyl groups excluding tert-OH is 1. The van der Waals surface area contributed by atoms with Gasteiger partial charge < -0.3 is 20.1 Å². The lowest BCUT2D eigenvalue weighted by Gasteiger charge is -2.34.